The number of nitrogens with zero attached hydrogens (tertiary/aromatic N) is 3. The Balaban J connectivity index is 1.25. The SMILES string of the molecule is Cc1c[nH]c2ncnc(OC3CCC(N4C[C@H]5C[C@@H]4CO5)CC3)c12. The van der Waals surface area contributed by atoms with Gasteiger partial charge in [-0.15, -0.1) is 0 Å². The van der Waals surface area contributed by atoms with Gasteiger partial charge in [-0.1, -0.05) is 0 Å². The van der Waals surface area contributed by atoms with Crippen molar-refractivity contribution in [2.75, 3.05) is 13.2 Å². The number of ether oxygens (including phenoxy) is 2. The highest BCUT2D eigenvalue weighted by atomic mass is 16.5. The lowest BCUT2D eigenvalue weighted by Gasteiger charge is -2.38. The van der Waals surface area contributed by atoms with E-state index in [1.54, 1.807) is 6.33 Å². The van der Waals surface area contributed by atoms with E-state index in [0.29, 0.717) is 18.2 Å². The van der Waals surface area contributed by atoms with E-state index >= 15 is 0 Å². The van der Waals surface area contributed by atoms with Crippen LogP contribution in [0.2, 0.25) is 0 Å². The summed E-state index contributed by atoms with van der Waals surface area (Å²) < 4.78 is 12.0. The van der Waals surface area contributed by atoms with Crippen molar-refractivity contribution in [3.05, 3.63) is 18.1 Å². The molecule has 0 radical (unpaired) electrons. The molecule has 6 nitrogen and oxygen atoms in total. The Morgan fingerprint density at radius 1 is 1.21 bits per heavy atom. The Morgan fingerprint density at radius 3 is 2.83 bits per heavy atom. The molecule has 128 valence electrons. The maximum atomic E-state index is 6.27. The fourth-order valence-electron chi connectivity index (χ4n) is 4.70. The molecule has 2 aromatic heterocycles. The predicted molar refractivity (Wildman–Crippen MR) is 90.1 cm³/mol. The zero-order valence-electron chi connectivity index (χ0n) is 14.1. The minimum atomic E-state index is 0.268. The highest BCUT2D eigenvalue weighted by Gasteiger charge is 2.42. The maximum absolute atomic E-state index is 6.27. The van der Waals surface area contributed by atoms with Gasteiger partial charge in [-0.2, -0.15) is 0 Å². The molecular formula is C18H24N4O2. The number of nitrogens with one attached hydrogen (secondary N) is 1. The van der Waals surface area contributed by atoms with E-state index in [0.717, 1.165) is 48.5 Å². The van der Waals surface area contributed by atoms with Crippen LogP contribution in [0, 0.1) is 6.92 Å². The van der Waals surface area contributed by atoms with Crippen molar-refractivity contribution in [1.29, 1.82) is 0 Å². The van der Waals surface area contributed by atoms with Crippen molar-refractivity contribution >= 4 is 11.0 Å². The van der Waals surface area contributed by atoms with E-state index in [1.807, 2.05) is 6.20 Å². The number of likely N-dealkylation sites (tertiary alicyclic amines) is 1. The van der Waals surface area contributed by atoms with Crippen LogP contribution in [-0.2, 0) is 4.74 Å². The van der Waals surface area contributed by atoms with Crippen molar-refractivity contribution < 1.29 is 9.47 Å². The summed E-state index contributed by atoms with van der Waals surface area (Å²) in [6.45, 7) is 4.14. The smallest absolute Gasteiger partial charge is 0.226 e. The summed E-state index contributed by atoms with van der Waals surface area (Å²) >= 11 is 0. The van der Waals surface area contributed by atoms with Gasteiger partial charge in [0.2, 0.25) is 5.88 Å². The predicted octanol–water partition coefficient (Wildman–Crippen LogP) is 2.43. The molecule has 2 atom stereocenters. The van der Waals surface area contributed by atoms with Gasteiger partial charge in [0.15, 0.2) is 0 Å². The fraction of sp³-hybridized carbons (Fsp3) is 0.667. The molecule has 1 N–H and O–H groups in total. The summed E-state index contributed by atoms with van der Waals surface area (Å²) in [6, 6.07) is 1.38. The largest absolute Gasteiger partial charge is 0.474 e. The van der Waals surface area contributed by atoms with Crippen LogP contribution in [0.4, 0.5) is 0 Å². The number of aromatic nitrogens is 3. The van der Waals surface area contributed by atoms with Crippen molar-refractivity contribution in [3.8, 4) is 5.88 Å². The van der Waals surface area contributed by atoms with Crippen LogP contribution in [0.3, 0.4) is 0 Å². The Hall–Kier alpha value is -1.66. The first kappa shape index (κ1) is 14.7. The summed E-state index contributed by atoms with van der Waals surface area (Å²) in [4.78, 5) is 14.5. The third-order valence-electron chi connectivity index (χ3n) is 5.97. The average Bonchev–Trinajstić information content (AvgIpc) is 3.32. The molecule has 6 heteroatoms. The lowest BCUT2D eigenvalue weighted by Crippen LogP contribution is -2.46. The van der Waals surface area contributed by atoms with E-state index in [4.69, 9.17) is 9.47 Å². The minimum Gasteiger partial charge on any atom is -0.474 e. The normalized spacial score (nSPS) is 33.4. The minimum absolute atomic E-state index is 0.268. The lowest BCUT2D eigenvalue weighted by atomic mass is 9.91. The zero-order valence-corrected chi connectivity index (χ0v) is 14.1. The molecule has 1 saturated carbocycles. The van der Waals surface area contributed by atoms with Crippen LogP contribution in [0.15, 0.2) is 12.5 Å². The molecule has 24 heavy (non-hydrogen) atoms. The first-order valence-electron chi connectivity index (χ1n) is 9.10. The van der Waals surface area contributed by atoms with Crippen LogP contribution < -0.4 is 4.74 Å². The molecule has 2 saturated heterocycles. The highest BCUT2D eigenvalue weighted by molar-refractivity contribution is 5.84. The van der Waals surface area contributed by atoms with Crippen LogP contribution in [0.25, 0.3) is 11.0 Å². The molecule has 3 aliphatic rings. The molecule has 0 spiro atoms. The second kappa shape index (κ2) is 5.70. The Morgan fingerprint density at radius 2 is 2.08 bits per heavy atom. The van der Waals surface area contributed by atoms with Gasteiger partial charge in [0, 0.05) is 24.8 Å². The number of aromatic amines is 1. The monoisotopic (exact) mass is 328 g/mol. The van der Waals surface area contributed by atoms with E-state index in [1.165, 1.54) is 19.3 Å². The van der Waals surface area contributed by atoms with Gasteiger partial charge in [0.1, 0.15) is 18.1 Å². The zero-order chi connectivity index (χ0) is 16.1. The van der Waals surface area contributed by atoms with Gasteiger partial charge in [0.25, 0.3) is 0 Å². The van der Waals surface area contributed by atoms with Crippen molar-refractivity contribution in [2.45, 2.75) is 63.3 Å². The molecular weight excluding hydrogens is 304 g/mol. The number of hydrogen-bond donors (Lipinski definition) is 1. The van der Waals surface area contributed by atoms with Crippen molar-refractivity contribution in [2.24, 2.45) is 0 Å². The summed E-state index contributed by atoms with van der Waals surface area (Å²) in [5.74, 6) is 0.732. The standard InChI is InChI=1S/C18H24N4O2/c1-11-7-19-17-16(11)18(21-10-20-17)24-14-4-2-12(3-5-14)22-8-15-6-13(22)9-23-15/h7,10,12-15H,2-6,8-9H2,1H3,(H,19,20,21)/t12?,13-,14?,15-/m1/s1. The summed E-state index contributed by atoms with van der Waals surface area (Å²) in [7, 11) is 0. The van der Waals surface area contributed by atoms with Crippen molar-refractivity contribution in [3.63, 3.8) is 0 Å². The summed E-state index contributed by atoms with van der Waals surface area (Å²) in [6.07, 6.45) is 10.2. The number of hydrogen-bond acceptors (Lipinski definition) is 5. The molecule has 2 aromatic rings. The molecule has 5 rings (SSSR count). The van der Waals surface area contributed by atoms with E-state index < -0.39 is 0 Å². The van der Waals surface area contributed by atoms with Gasteiger partial charge in [0.05, 0.1) is 18.1 Å². The van der Waals surface area contributed by atoms with Crippen LogP contribution in [0.1, 0.15) is 37.7 Å². The summed E-state index contributed by atoms with van der Waals surface area (Å²) in [5, 5.41) is 1.02. The topological polar surface area (TPSA) is 63.3 Å². The van der Waals surface area contributed by atoms with E-state index in [-0.39, 0.29) is 6.10 Å². The molecule has 4 heterocycles. The second-order valence-corrected chi connectivity index (χ2v) is 7.46. The number of rotatable bonds is 3. The molecule has 0 amide bonds. The van der Waals surface area contributed by atoms with Gasteiger partial charge < -0.3 is 14.5 Å². The highest BCUT2D eigenvalue weighted by Crippen LogP contribution is 2.35. The van der Waals surface area contributed by atoms with Crippen LogP contribution in [0.5, 0.6) is 5.88 Å². The van der Waals surface area contributed by atoms with E-state index in [2.05, 4.69) is 26.8 Å². The van der Waals surface area contributed by atoms with Gasteiger partial charge in [-0.05, 0) is 44.6 Å². The number of aryl methyl sites for hydroxylation is 1. The quantitative estimate of drug-likeness (QED) is 0.937. The molecule has 3 fully saturated rings. The Labute approximate surface area is 141 Å². The van der Waals surface area contributed by atoms with Gasteiger partial charge in [-0.3, -0.25) is 4.90 Å². The average molecular weight is 328 g/mol. The first-order chi connectivity index (χ1) is 11.8. The first-order valence-corrected chi connectivity index (χ1v) is 9.10. The van der Waals surface area contributed by atoms with Crippen LogP contribution >= 0.6 is 0 Å². The van der Waals surface area contributed by atoms with Crippen molar-refractivity contribution in [1.82, 2.24) is 19.9 Å². The maximum Gasteiger partial charge on any atom is 0.226 e. The molecule has 1 aliphatic carbocycles. The number of morpholine rings is 1. The van der Waals surface area contributed by atoms with Gasteiger partial charge in [-0.25, -0.2) is 9.97 Å². The molecule has 2 aliphatic heterocycles. The molecule has 0 aromatic carbocycles. The third kappa shape index (κ3) is 2.40. The third-order valence-corrected chi connectivity index (χ3v) is 5.97. The molecule has 0 unspecified atom stereocenters. The second-order valence-electron chi connectivity index (χ2n) is 7.46. The fourth-order valence-corrected chi connectivity index (χ4v) is 4.70. The number of fused-ring (bicyclic) bond motifs is 3. The van der Waals surface area contributed by atoms with E-state index in [9.17, 15) is 0 Å². The Kier molecular flexibility index (Phi) is 3.49. The van der Waals surface area contributed by atoms with Crippen LogP contribution in [-0.4, -0.2) is 57.3 Å². The summed E-state index contributed by atoms with van der Waals surface area (Å²) in [5.41, 5.74) is 2.00. The van der Waals surface area contributed by atoms with Gasteiger partial charge >= 0.3 is 0 Å². The Bertz CT molecular complexity index is 738. The molecule has 2 bridgehead atoms. The lowest BCUT2D eigenvalue weighted by molar-refractivity contribution is -0.00506. The number of H-pyrrole nitrogens is 1.